The molecule has 1 N–H and O–H groups in total. The van der Waals surface area contributed by atoms with Gasteiger partial charge >= 0.3 is 17.9 Å². The van der Waals surface area contributed by atoms with Gasteiger partial charge in [0.1, 0.15) is 13.2 Å². The number of likely N-dealkylation sites (N-methyl/N-ethyl adjacent to an activating group) is 1. The molecule has 416 valence electrons. The molecule has 0 aromatic rings. The molecule has 2 unspecified atom stereocenters. The first-order chi connectivity index (χ1) is 35.6. The van der Waals surface area contributed by atoms with Gasteiger partial charge in [0, 0.05) is 12.8 Å². The number of quaternary nitrogens is 1. The van der Waals surface area contributed by atoms with Gasteiger partial charge in [-0.2, -0.15) is 0 Å². The second-order valence-electron chi connectivity index (χ2n) is 20.2. The Balaban J connectivity index is 4.34. The van der Waals surface area contributed by atoms with Crippen molar-refractivity contribution in [2.45, 2.75) is 232 Å². The fourth-order valence-corrected chi connectivity index (χ4v) is 7.55. The maximum absolute atomic E-state index is 12.9. The van der Waals surface area contributed by atoms with Gasteiger partial charge in [-0.15, -0.1) is 0 Å². The molecule has 9 nitrogen and oxygen atoms in total. The van der Waals surface area contributed by atoms with Crippen LogP contribution >= 0.6 is 0 Å². The number of rotatable bonds is 52. The summed E-state index contributed by atoms with van der Waals surface area (Å²) in [6, 6.07) is 0. The molecular formula is C64H108NO8+. The second kappa shape index (κ2) is 54.2. The highest BCUT2D eigenvalue weighted by molar-refractivity contribution is 5.71. The van der Waals surface area contributed by atoms with Gasteiger partial charge < -0.3 is 28.5 Å². The van der Waals surface area contributed by atoms with Crippen LogP contribution in [0.15, 0.2) is 109 Å². The third-order valence-electron chi connectivity index (χ3n) is 12.0. The molecule has 0 saturated heterocycles. The minimum Gasteiger partial charge on any atom is -0.477 e. The lowest BCUT2D eigenvalue weighted by atomic mass is 10.1. The van der Waals surface area contributed by atoms with Crippen molar-refractivity contribution >= 4 is 17.9 Å². The Bertz CT molecular complexity index is 1560. The Morgan fingerprint density at radius 2 is 0.781 bits per heavy atom. The van der Waals surface area contributed by atoms with Gasteiger partial charge in [-0.05, 0) is 103 Å². The van der Waals surface area contributed by atoms with Gasteiger partial charge in [0.2, 0.25) is 0 Å². The number of esters is 2. The predicted molar refractivity (Wildman–Crippen MR) is 308 cm³/mol. The molecule has 0 aromatic heterocycles. The van der Waals surface area contributed by atoms with E-state index in [-0.39, 0.29) is 38.6 Å². The number of carboxylic acids is 1. The monoisotopic (exact) mass is 1020 g/mol. The highest BCUT2D eigenvalue weighted by Crippen LogP contribution is 2.14. The van der Waals surface area contributed by atoms with Crippen molar-refractivity contribution in [2.24, 2.45) is 0 Å². The molecule has 2 atom stereocenters. The summed E-state index contributed by atoms with van der Waals surface area (Å²) < 4.78 is 22.8. The zero-order valence-electron chi connectivity index (χ0n) is 47.3. The third-order valence-corrected chi connectivity index (χ3v) is 12.0. The van der Waals surface area contributed by atoms with E-state index < -0.39 is 24.3 Å². The number of ether oxygens (including phenoxy) is 4. The third kappa shape index (κ3) is 55.5. The van der Waals surface area contributed by atoms with Gasteiger partial charge in [-0.1, -0.05) is 213 Å². The zero-order valence-corrected chi connectivity index (χ0v) is 47.3. The van der Waals surface area contributed by atoms with Crippen LogP contribution in [0, 0.1) is 0 Å². The van der Waals surface area contributed by atoms with Crippen LogP contribution in [0.5, 0.6) is 0 Å². The number of hydrogen-bond donors (Lipinski definition) is 1. The van der Waals surface area contributed by atoms with E-state index in [1.807, 2.05) is 21.1 Å². The van der Waals surface area contributed by atoms with Crippen LogP contribution in [0.25, 0.3) is 0 Å². The van der Waals surface area contributed by atoms with E-state index in [1.165, 1.54) is 89.9 Å². The highest BCUT2D eigenvalue weighted by atomic mass is 16.7. The fraction of sp³-hybridized carbons (Fsp3) is 0.672. The summed E-state index contributed by atoms with van der Waals surface area (Å²) in [6.45, 7) is 4.71. The van der Waals surface area contributed by atoms with Gasteiger partial charge in [0.25, 0.3) is 6.29 Å². The Labute approximate surface area is 447 Å². The highest BCUT2D eigenvalue weighted by Gasteiger charge is 2.25. The lowest BCUT2D eigenvalue weighted by molar-refractivity contribution is -0.870. The number of nitrogens with zero attached hydrogens (tertiary/aromatic N) is 1. The molecule has 0 amide bonds. The smallest absolute Gasteiger partial charge is 0.361 e. The van der Waals surface area contributed by atoms with Crippen molar-refractivity contribution in [1.82, 2.24) is 0 Å². The average Bonchev–Trinajstić information content (AvgIpc) is 3.36. The maximum Gasteiger partial charge on any atom is 0.361 e. The molecule has 0 aliphatic rings. The molecule has 0 saturated carbocycles. The first kappa shape index (κ1) is 69.0. The van der Waals surface area contributed by atoms with Crippen LogP contribution < -0.4 is 0 Å². The second-order valence-corrected chi connectivity index (χ2v) is 20.2. The SMILES string of the molecule is CC/C=C\C/C=C\C/C=C\C/C=C\C/C=C\C/C=C\CCCCCCC(=O)OC(COC(=O)CCCCCCCCCCCC/C=C\C/C=C\C/C=C\CCCCCCC)COC(OCC[N+](C)(C)C)C(=O)O. The number of aliphatic carboxylic acids is 1. The van der Waals surface area contributed by atoms with E-state index in [9.17, 15) is 19.5 Å². The maximum atomic E-state index is 12.9. The Kier molecular flexibility index (Phi) is 51.2. The van der Waals surface area contributed by atoms with Crippen molar-refractivity contribution in [3.63, 3.8) is 0 Å². The summed E-state index contributed by atoms with van der Waals surface area (Å²) in [5.74, 6) is -2.06. The standard InChI is InChI=1S/C64H107NO8/c1-6-8-10-12-14-16-18-20-22-24-26-28-30-31-33-34-36-38-40-42-44-46-48-50-52-54-61(66)71-58-60(59-72-64(63(68)69)70-57-56-65(3,4)5)73-62(67)55-53-51-49-47-45-43-41-39-37-35-32-29-27-25-23-21-19-17-15-13-11-9-7-2/h9,11,15,17-18,20-21,23-24,26-27,29-31,35,37,41,43,60,64H,6-8,10,12-14,16,19,22,25,28,32-34,36,38-40,42,44-59H2,1-5H3/p+1/b11-9-,17-15-,20-18-,23-21-,26-24-,29-27-,31-30-,37-35-,43-41-. The number of hydrogen-bond acceptors (Lipinski definition) is 7. The molecule has 73 heavy (non-hydrogen) atoms. The molecule has 0 bridgehead atoms. The minimum absolute atomic E-state index is 0.175. The Hall–Kier alpha value is -4.05. The fourth-order valence-electron chi connectivity index (χ4n) is 7.55. The van der Waals surface area contributed by atoms with E-state index in [4.69, 9.17) is 18.9 Å². The normalized spacial score (nSPS) is 13.6. The minimum atomic E-state index is -1.53. The summed E-state index contributed by atoms with van der Waals surface area (Å²) in [6.07, 6.45) is 71.6. The molecule has 0 heterocycles. The molecular weight excluding hydrogens is 911 g/mol. The van der Waals surface area contributed by atoms with Crippen LogP contribution in [0.1, 0.15) is 219 Å². The first-order valence-electron chi connectivity index (χ1n) is 29.1. The topological polar surface area (TPSA) is 108 Å². The molecule has 0 rings (SSSR count). The van der Waals surface area contributed by atoms with Gasteiger partial charge in [-0.3, -0.25) is 9.59 Å². The number of carbonyl (C=O) groups excluding carboxylic acids is 2. The summed E-state index contributed by atoms with van der Waals surface area (Å²) in [7, 11) is 5.95. The van der Waals surface area contributed by atoms with Crippen molar-refractivity contribution in [3.05, 3.63) is 109 Å². The van der Waals surface area contributed by atoms with E-state index >= 15 is 0 Å². The molecule has 0 aromatic carbocycles. The van der Waals surface area contributed by atoms with Crippen LogP contribution in [0.3, 0.4) is 0 Å². The van der Waals surface area contributed by atoms with E-state index in [0.29, 0.717) is 17.4 Å². The quantitative estimate of drug-likeness (QED) is 0.0211. The van der Waals surface area contributed by atoms with Gasteiger partial charge in [-0.25, -0.2) is 4.79 Å². The Morgan fingerprint density at radius 3 is 1.16 bits per heavy atom. The summed E-state index contributed by atoms with van der Waals surface area (Å²) in [4.78, 5) is 37.4. The molecule has 0 aliphatic carbocycles. The van der Waals surface area contributed by atoms with Crippen LogP contribution in [-0.4, -0.2) is 87.4 Å². The van der Waals surface area contributed by atoms with Crippen LogP contribution in [0.4, 0.5) is 0 Å². The summed E-state index contributed by atoms with van der Waals surface area (Å²) in [5, 5.41) is 9.70. The van der Waals surface area contributed by atoms with Gasteiger partial charge in [0.05, 0.1) is 34.4 Å². The van der Waals surface area contributed by atoms with E-state index in [2.05, 4.69) is 123 Å². The Morgan fingerprint density at radius 1 is 0.425 bits per heavy atom. The molecule has 9 heteroatoms. The number of carboxylic acid groups (broad SMARTS) is 1. The van der Waals surface area contributed by atoms with Crippen LogP contribution in [0.2, 0.25) is 0 Å². The summed E-state index contributed by atoms with van der Waals surface area (Å²) in [5.41, 5.74) is 0. The van der Waals surface area contributed by atoms with Crippen molar-refractivity contribution < 1.29 is 42.9 Å². The number of allylic oxidation sites excluding steroid dienone is 18. The largest absolute Gasteiger partial charge is 0.477 e. The van der Waals surface area contributed by atoms with Crippen molar-refractivity contribution in [1.29, 1.82) is 0 Å². The van der Waals surface area contributed by atoms with Gasteiger partial charge in [0.15, 0.2) is 6.10 Å². The van der Waals surface area contributed by atoms with Crippen molar-refractivity contribution in [2.75, 3.05) is 47.5 Å². The zero-order chi connectivity index (χ0) is 53.4. The molecule has 0 spiro atoms. The predicted octanol–water partition coefficient (Wildman–Crippen LogP) is 17.1. The summed E-state index contributed by atoms with van der Waals surface area (Å²) >= 11 is 0. The lowest BCUT2D eigenvalue weighted by Gasteiger charge is -2.25. The molecule has 0 radical (unpaired) electrons. The van der Waals surface area contributed by atoms with Crippen LogP contribution in [-0.2, 0) is 33.3 Å². The average molecular weight is 1020 g/mol. The molecule has 0 fully saturated rings. The van der Waals surface area contributed by atoms with E-state index in [0.717, 1.165) is 96.3 Å². The van der Waals surface area contributed by atoms with E-state index in [1.54, 1.807) is 0 Å². The lowest BCUT2D eigenvalue weighted by Crippen LogP contribution is -2.40. The number of carbonyl (C=O) groups is 3. The first-order valence-corrected chi connectivity index (χ1v) is 29.1. The molecule has 0 aliphatic heterocycles. The van der Waals surface area contributed by atoms with Crippen molar-refractivity contribution in [3.8, 4) is 0 Å². The number of unbranched alkanes of at least 4 members (excludes halogenated alkanes) is 19.